The molecule has 0 atom stereocenters. The molecule has 0 fully saturated rings. The Kier molecular flexibility index (Phi) is 4.55. The topological polar surface area (TPSA) is 50.3 Å². The largest absolute Gasteiger partial charge is 0.244 e. The van der Waals surface area contributed by atoms with Crippen LogP contribution in [0.1, 0.15) is 5.56 Å². The molecule has 0 spiro atoms. The van der Waals surface area contributed by atoms with Crippen molar-refractivity contribution in [2.75, 3.05) is 7.05 Å². The summed E-state index contributed by atoms with van der Waals surface area (Å²) in [7, 11) is -2.45. The van der Waals surface area contributed by atoms with Crippen LogP contribution < -0.4 is 0 Å². The van der Waals surface area contributed by atoms with Crippen molar-refractivity contribution >= 4 is 21.6 Å². The minimum absolute atomic E-state index is 0.0208. The van der Waals surface area contributed by atoms with Gasteiger partial charge in [-0.3, -0.25) is 0 Å². The van der Waals surface area contributed by atoms with Crippen LogP contribution in [-0.2, 0) is 16.6 Å². The second-order valence-corrected chi connectivity index (χ2v) is 6.76. The fourth-order valence-corrected chi connectivity index (χ4v) is 3.12. The number of benzene rings is 1. The van der Waals surface area contributed by atoms with Crippen molar-refractivity contribution < 1.29 is 17.2 Å². The first kappa shape index (κ1) is 15.8. The molecule has 1 aromatic heterocycles. The lowest BCUT2D eigenvalue weighted by molar-refractivity contribution is 0.461. The number of hydrogen-bond acceptors (Lipinski definition) is 3. The average molecular weight is 333 g/mol. The summed E-state index contributed by atoms with van der Waals surface area (Å²) in [5.74, 6) is -2.00. The van der Waals surface area contributed by atoms with E-state index in [9.17, 15) is 17.2 Å². The molecule has 0 radical (unpaired) electrons. The molecule has 0 aliphatic rings. The number of nitrogens with zero attached hydrogens (tertiary/aromatic N) is 2. The smallest absolute Gasteiger partial charge is 0.243 e. The maximum Gasteiger partial charge on any atom is 0.243 e. The third kappa shape index (κ3) is 3.55. The third-order valence-electron chi connectivity index (χ3n) is 2.80. The second-order valence-electron chi connectivity index (χ2n) is 4.32. The maximum atomic E-state index is 13.1. The molecule has 0 bridgehead atoms. The first-order chi connectivity index (χ1) is 9.80. The van der Waals surface area contributed by atoms with Gasteiger partial charge in [0.1, 0.15) is 5.15 Å². The van der Waals surface area contributed by atoms with E-state index in [1.807, 2.05) is 0 Å². The van der Waals surface area contributed by atoms with Crippen molar-refractivity contribution in [1.29, 1.82) is 0 Å². The quantitative estimate of drug-likeness (QED) is 0.809. The number of hydrogen-bond donors (Lipinski definition) is 0. The second kappa shape index (κ2) is 6.05. The Morgan fingerprint density at radius 3 is 2.52 bits per heavy atom. The van der Waals surface area contributed by atoms with E-state index in [0.717, 1.165) is 16.4 Å². The Morgan fingerprint density at radius 1 is 1.19 bits per heavy atom. The standard InChI is InChI=1S/C13H11ClF2N2O2S/c1-18(8-9-2-3-11(15)12(16)6-9)21(19,20)10-4-5-17-13(14)7-10/h2-7H,8H2,1H3. The highest BCUT2D eigenvalue weighted by Crippen LogP contribution is 2.19. The van der Waals surface area contributed by atoms with Gasteiger partial charge < -0.3 is 0 Å². The monoisotopic (exact) mass is 332 g/mol. The molecule has 8 heteroatoms. The molecule has 112 valence electrons. The van der Waals surface area contributed by atoms with Crippen molar-refractivity contribution in [1.82, 2.24) is 9.29 Å². The minimum Gasteiger partial charge on any atom is -0.244 e. The molecule has 1 aromatic carbocycles. The van der Waals surface area contributed by atoms with Crippen molar-refractivity contribution in [2.45, 2.75) is 11.4 Å². The van der Waals surface area contributed by atoms with Gasteiger partial charge in [0.25, 0.3) is 0 Å². The zero-order chi connectivity index (χ0) is 15.6. The molecule has 4 nitrogen and oxygen atoms in total. The Morgan fingerprint density at radius 2 is 1.90 bits per heavy atom. The van der Waals surface area contributed by atoms with E-state index >= 15 is 0 Å². The van der Waals surface area contributed by atoms with E-state index in [-0.39, 0.29) is 16.6 Å². The van der Waals surface area contributed by atoms with Crippen LogP contribution in [0.15, 0.2) is 41.4 Å². The average Bonchev–Trinajstić information content (AvgIpc) is 2.43. The van der Waals surface area contributed by atoms with Gasteiger partial charge in [0.2, 0.25) is 10.0 Å². The van der Waals surface area contributed by atoms with Crippen molar-refractivity contribution in [3.05, 3.63) is 58.9 Å². The summed E-state index contributed by atoms with van der Waals surface area (Å²) in [6.45, 7) is -0.0977. The maximum absolute atomic E-state index is 13.1. The summed E-state index contributed by atoms with van der Waals surface area (Å²) < 4.78 is 51.6. The van der Waals surface area contributed by atoms with Crippen molar-refractivity contribution in [3.63, 3.8) is 0 Å². The number of sulfonamides is 1. The molecule has 0 N–H and O–H groups in total. The fraction of sp³-hybridized carbons (Fsp3) is 0.154. The third-order valence-corrected chi connectivity index (χ3v) is 4.80. The van der Waals surface area contributed by atoms with Crippen molar-refractivity contribution in [3.8, 4) is 0 Å². The Labute approximate surface area is 126 Å². The first-order valence-corrected chi connectivity index (χ1v) is 7.64. The van der Waals surface area contributed by atoms with Gasteiger partial charge in [0.05, 0.1) is 4.90 Å². The van der Waals surface area contributed by atoms with Gasteiger partial charge in [-0.1, -0.05) is 17.7 Å². The highest BCUT2D eigenvalue weighted by molar-refractivity contribution is 7.89. The number of rotatable bonds is 4. The van der Waals surface area contributed by atoms with Crippen LogP contribution in [0.25, 0.3) is 0 Å². The summed E-state index contributed by atoms with van der Waals surface area (Å²) in [4.78, 5) is 3.69. The normalized spacial score (nSPS) is 11.9. The predicted octanol–water partition coefficient (Wildman–Crippen LogP) is 2.83. The summed E-state index contributed by atoms with van der Waals surface area (Å²) in [5.41, 5.74) is 0.333. The summed E-state index contributed by atoms with van der Waals surface area (Å²) in [6, 6.07) is 5.76. The fourth-order valence-electron chi connectivity index (χ4n) is 1.71. The number of pyridine rings is 1. The summed E-state index contributed by atoms with van der Waals surface area (Å²) in [6.07, 6.45) is 1.28. The molecular formula is C13H11ClF2N2O2S. The van der Waals surface area contributed by atoms with Gasteiger partial charge in [-0.2, -0.15) is 4.31 Å². The van der Waals surface area contributed by atoms with Crippen LogP contribution in [-0.4, -0.2) is 24.8 Å². The first-order valence-electron chi connectivity index (χ1n) is 5.82. The molecule has 1 heterocycles. The van der Waals surface area contributed by atoms with Gasteiger partial charge in [-0.15, -0.1) is 0 Å². The summed E-state index contributed by atoms with van der Waals surface area (Å²) >= 11 is 5.67. The van der Waals surface area contributed by atoms with Crippen LogP contribution in [0.2, 0.25) is 5.15 Å². The van der Waals surface area contributed by atoms with E-state index in [1.54, 1.807) is 0 Å². The molecule has 0 unspecified atom stereocenters. The zero-order valence-corrected chi connectivity index (χ0v) is 12.5. The van der Waals surface area contributed by atoms with Gasteiger partial charge in [-0.25, -0.2) is 22.2 Å². The molecule has 21 heavy (non-hydrogen) atoms. The highest BCUT2D eigenvalue weighted by Gasteiger charge is 2.21. The summed E-state index contributed by atoms with van der Waals surface area (Å²) in [5, 5.41) is 0.0531. The predicted molar refractivity (Wildman–Crippen MR) is 74.3 cm³/mol. The lowest BCUT2D eigenvalue weighted by Gasteiger charge is -2.17. The van der Waals surface area contributed by atoms with Crippen LogP contribution in [0, 0.1) is 11.6 Å². The van der Waals surface area contributed by atoms with Gasteiger partial charge in [0.15, 0.2) is 11.6 Å². The molecule has 0 aliphatic carbocycles. The zero-order valence-electron chi connectivity index (χ0n) is 10.9. The van der Waals surface area contributed by atoms with Crippen LogP contribution >= 0.6 is 11.6 Å². The Bertz CT molecular complexity index is 769. The van der Waals surface area contributed by atoms with E-state index in [0.29, 0.717) is 5.56 Å². The van der Waals surface area contributed by atoms with Gasteiger partial charge >= 0.3 is 0 Å². The Hall–Kier alpha value is -1.57. The van der Waals surface area contributed by atoms with Crippen LogP contribution in [0.4, 0.5) is 8.78 Å². The lowest BCUT2D eigenvalue weighted by atomic mass is 10.2. The highest BCUT2D eigenvalue weighted by atomic mass is 35.5. The number of halogens is 3. The molecular weight excluding hydrogens is 322 g/mol. The van der Waals surface area contributed by atoms with E-state index in [1.165, 1.54) is 31.4 Å². The van der Waals surface area contributed by atoms with Gasteiger partial charge in [-0.05, 0) is 29.8 Å². The molecule has 0 saturated heterocycles. The van der Waals surface area contributed by atoms with Gasteiger partial charge in [0, 0.05) is 19.8 Å². The minimum atomic E-state index is -3.79. The van der Waals surface area contributed by atoms with E-state index < -0.39 is 21.7 Å². The van der Waals surface area contributed by atoms with Crippen LogP contribution in [0.5, 0.6) is 0 Å². The molecule has 0 amide bonds. The molecule has 0 saturated carbocycles. The Balaban J connectivity index is 2.26. The van der Waals surface area contributed by atoms with Crippen molar-refractivity contribution in [2.24, 2.45) is 0 Å². The SMILES string of the molecule is CN(Cc1ccc(F)c(F)c1)S(=O)(=O)c1ccnc(Cl)c1. The molecule has 0 aliphatic heterocycles. The molecule has 2 rings (SSSR count). The lowest BCUT2D eigenvalue weighted by Crippen LogP contribution is -2.26. The number of aromatic nitrogens is 1. The van der Waals surface area contributed by atoms with E-state index in [4.69, 9.17) is 11.6 Å². The van der Waals surface area contributed by atoms with Crippen LogP contribution in [0.3, 0.4) is 0 Å². The van der Waals surface area contributed by atoms with E-state index in [2.05, 4.69) is 4.98 Å². The molecule has 2 aromatic rings.